The fourth-order valence-electron chi connectivity index (χ4n) is 5.14. The van der Waals surface area contributed by atoms with Crippen molar-refractivity contribution in [1.82, 2.24) is 4.98 Å². The molecule has 48 heavy (non-hydrogen) atoms. The molecule has 0 aliphatic carbocycles. The maximum absolute atomic E-state index is 14.0. The lowest BCUT2D eigenvalue weighted by Crippen LogP contribution is -2.35. The van der Waals surface area contributed by atoms with Gasteiger partial charge >= 0.3 is 5.97 Å². The Bertz CT molecular complexity index is 2090. The van der Waals surface area contributed by atoms with Gasteiger partial charge in [-0.15, -0.1) is 0 Å². The molecule has 0 aliphatic rings. The Labute approximate surface area is 291 Å². The van der Waals surface area contributed by atoms with Crippen LogP contribution in [0, 0.1) is 0 Å². The van der Waals surface area contributed by atoms with E-state index in [0.717, 1.165) is 25.1 Å². The van der Waals surface area contributed by atoms with Gasteiger partial charge < -0.3 is 14.0 Å². The second-order valence-corrected chi connectivity index (χ2v) is 14.4. The summed E-state index contributed by atoms with van der Waals surface area (Å²) < 4.78 is 54.1. The van der Waals surface area contributed by atoms with Gasteiger partial charge in [0.05, 0.1) is 28.2 Å². The molecule has 0 aliphatic heterocycles. The van der Waals surface area contributed by atoms with Gasteiger partial charge in [0, 0.05) is 45.5 Å². The zero-order valence-electron chi connectivity index (χ0n) is 25.4. The van der Waals surface area contributed by atoms with Gasteiger partial charge in [0.25, 0.3) is 0 Å². The number of anilines is 2. The van der Waals surface area contributed by atoms with E-state index in [2.05, 4.69) is 4.98 Å². The Morgan fingerprint density at radius 2 is 1.56 bits per heavy atom. The van der Waals surface area contributed by atoms with Crippen LogP contribution in [0.2, 0.25) is 10.0 Å². The molecule has 5 aromatic rings. The second kappa shape index (κ2) is 15.8. The summed E-state index contributed by atoms with van der Waals surface area (Å²) in [6.07, 6.45) is 4.21. The van der Waals surface area contributed by atoms with E-state index in [1.165, 1.54) is 18.2 Å². The van der Waals surface area contributed by atoms with Gasteiger partial charge in [0.2, 0.25) is 10.0 Å². The highest BCUT2D eigenvalue weighted by molar-refractivity contribution is 7.92. The third kappa shape index (κ3) is 9.00. The number of aromatic carboxylic acids is 1. The molecule has 1 heterocycles. The molecule has 9 nitrogen and oxygen atoms in total. The smallest absolute Gasteiger partial charge is 0.337 e. The number of fused-ring (bicyclic) bond motifs is 1. The van der Waals surface area contributed by atoms with E-state index in [0.29, 0.717) is 33.4 Å². The monoisotopic (exact) mass is 722 g/mol. The molecule has 0 amide bonds. The van der Waals surface area contributed by atoms with E-state index >= 15 is 0 Å². The second-order valence-electron chi connectivity index (χ2n) is 10.8. The lowest BCUT2D eigenvalue weighted by molar-refractivity contribution is 0.0697. The van der Waals surface area contributed by atoms with Gasteiger partial charge in [-0.3, -0.25) is 8.51 Å². The first-order valence-electron chi connectivity index (χ1n) is 14.8. The summed E-state index contributed by atoms with van der Waals surface area (Å²) in [6.45, 7) is 0.0174. The van der Waals surface area contributed by atoms with Crippen LogP contribution in [0.15, 0.2) is 103 Å². The van der Waals surface area contributed by atoms with Crippen molar-refractivity contribution in [1.29, 1.82) is 0 Å². The lowest BCUT2D eigenvalue weighted by Gasteiger charge is -2.28. The molecular weight excluding hydrogens is 693 g/mol. The minimum absolute atomic E-state index is 0.0329. The van der Waals surface area contributed by atoms with Crippen LogP contribution < -0.4 is 8.61 Å². The number of carboxylic acid groups (broad SMARTS) is 1. The van der Waals surface area contributed by atoms with Gasteiger partial charge in [-0.1, -0.05) is 77.8 Å². The number of carbonyl (C=O) groups is 1. The highest BCUT2D eigenvalue weighted by Gasteiger charge is 2.27. The van der Waals surface area contributed by atoms with Crippen molar-refractivity contribution in [2.24, 2.45) is 0 Å². The summed E-state index contributed by atoms with van der Waals surface area (Å²) >= 11 is 9.48. The van der Waals surface area contributed by atoms with Crippen LogP contribution in [0.25, 0.3) is 23.1 Å². The average Bonchev–Trinajstić information content (AvgIpc) is 3.05. The maximum atomic E-state index is 14.0. The number of sulfonamides is 1. The summed E-state index contributed by atoms with van der Waals surface area (Å²) in [7, 11) is -4.10. The minimum atomic E-state index is -4.10. The fraction of sp³-hybridized carbons (Fsp3) is 0.143. The zero-order valence-corrected chi connectivity index (χ0v) is 28.6. The number of pyridine rings is 1. The van der Waals surface area contributed by atoms with Gasteiger partial charge in [-0.2, -0.15) is 0 Å². The third-order valence-corrected chi connectivity index (χ3v) is 10.4. The highest BCUT2D eigenvalue weighted by atomic mass is 35.5. The van der Waals surface area contributed by atoms with Crippen molar-refractivity contribution < 1.29 is 27.1 Å². The molecular formula is C35H30Cl2N3O6S2-. The Balaban J connectivity index is 1.35. The lowest BCUT2D eigenvalue weighted by atomic mass is 10.1. The van der Waals surface area contributed by atoms with E-state index in [1.807, 2.05) is 36.4 Å². The normalized spacial score (nSPS) is 12.3. The van der Waals surface area contributed by atoms with E-state index in [9.17, 15) is 27.1 Å². The number of hydrogen-bond donors (Lipinski definition) is 1. The number of nitrogens with zero attached hydrogens (tertiary/aromatic N) is 3. The van der Waals surface area contributed by atoms with Crippen molar-refractivity contribution in [3.05, 3.63) is 136 Å². The summed E-state index contributed by atoms with van der Waals surface area (Å²) in [5.74, 6) is -1.66. The molecule has 0 radical (unpaired) electrons. The highest BCUT2D eigenvalue weighted by Crippen LogP contribution is 2.27. The van der Waals surface area contributed by atoms with Crippen LogP contribution >= 0.6 is 23.2 Å². The molecule has 13 heteroatoms. The number of para-hydroxylation sites is 1. The van der Waals surface area contributed by atoms with Crippen LogP contribution in [0.4, 0.5) is 11.4 Å². The molecule has 1 N–H and O–H groups in total. The molecule has 248 valence electrons. The zero-order chi connectivity index (χ0) is 34.3. The molecule has 0 saturated heterocycles. The molecule has 1 aromatic heterocycles. The first-order valence-corrected chi connectivity index (χ1v) is 18.2. The summed E-state index contributed by atoms with van der Waals surface area (Å²) in [5, 5.41) is 11.9. The Kier molecular flexibility index (Phi) is 11.5. The van der Waals surface area contributed by atoms with Crippen LogP contribution in [0.5, 0.6) is 0 Å². The SMILES string of the molecule is O=C(O)c1ccccc1N(CCCCN(c1ccc(Cl)cc1)S(=O)[O-])S(=O)(=O)Cc1cccc(C=Cc2ccc3ccc(Cl)cc3n2)c1. The Morgan fingerprint density at radius 1 is 0.854 bits per heavy atom. The van der Waals surface area contributed by atoms with Crippen molar-refractivity contribution in [2.75, 3.05) is 21.7 Å². The van der Waals surface area contributed by atoms with Crippen LogP contribution in [0.1, 0.15) is 40.0 Å². The molecule has 0 spiro atoms. The fourth-order valence-corrected chi connectivity index (χ4v) is 7.63. The van der Waals surface area contributed by atoms with Crippen LogP contribution in [-0.4, -0.2) is 46.3 Å². The largest absolute Gasteiger partial charge is 0.755 e. The molecule has 1 atom stereocenters. The van der Waals surface area contributed by atoms with Gasteiger partial charge in [0.1, 0.15) is 0 Å². The number of hydrogen-bond acceptors (Lipinski definition) is 6. The first-order chi connectivity index (χ1) is 23.0. The van der Waals surface area contributed by atoms with Crippen LogP contribution in [0.3, 0.4) is 0 Å². The molecule has 0 saturated carbocycles. The Hall–Kier alpha value is -4.26. The number of aromatic nitrogens is 1. The quantitative estimate of drug-likeness (QED) is 0.0913. The topological polar surface area (TPSA) is 131 Å². The Morgan fingerprint density at radius 3 is 2.31 bits per heavy atom. The molecule has 0 bridgehead atoms. The minimum Gasteiger partial charge on any atom is -0.755 e. The van der Waals surface area contributed by atoms with E-state index in [-0.39, 0.29) is 30.8 Å². The number of rotatable bonds is 14. The van der Waals surface area contributed by atoms with Gasteiger partial charge in [-0.25, -0.2) is 18.2 Å². The first kappa shape index (κ1) is 35.1. The maximum Gasteiger partial charge on any atom is 0.337 e. The predicted molar refractivity (Wildman–Crippen MR) is 192 cm³/mol. The summed E-state index contributed by atoms with van der Waals surface area (Å²) in [4.78, 5) is 16.7. The summed E-state index contributed by atoms with van der Waals surface area (Å²) in [5.41, 5.74) is 3.00. The number of halogens is 2. The number of benzene rings is 4. The standard InChI is InChI=1S/C35H31Cl2N3O6S2/c36-28-14-18-31(19-15-28)39(47(43)44)20-3-4-21-40(34-9-2-1-8-32(34)35(41)42)48(45,46)24-26-7-5-6-25(22-26)10-16-30-17-12-27-11-13-29(37)23-33(27)38-30/h1-2,5-19,22-23H,3-4,20-21,24H2,(H,41,42)(H,43,44)/p-1. The summed E-state index contributed by atoms with van der Waals surface area (Å²) in [6, 6.07) is 28.6. The van der Waals surface area contributed by atoms with E-state index in [4.69, 9.17) is 23.2 Å². The van der Waals surface area contributed by atoms with Crippen molar-refractivity contribution in [3.63, 3.8) is 0 Å². The molecule has 1 unspecified atom stereocenters. The molecule has 4 aromatic carbocycles. The van der Waals surface area contributed by atoms with Crippen molar-refractivity contribution in [3.8, 4) is 0 Å². The van der Waals surface area contributed by atoms with E-state index < -0.39 is 33.0 Å². The van der Waals surface area contributed by atoms with Crippen molar-refractivity contribution in [2.45, 2.75) is 18.6 Å². The van der Waals surface area contributed by atoms with Gasteiger partial charge in [0.15, 0.2) is 0 Å². The number of unbranched alkanes of at least 4 members (excludes halogenated alkanes) is 1. The number of carboxylic acids is 1. The average molecular weight is 724 g/mol. The molecule has 5 rings (SSSR count). The van der Waals surface area contributed by atoms with Crippen LogP contribution in [-0.2, 0) is 27.0 Å². The molecule has 0 fully saturated rings. The van der Waals surface area contributed by atoms with E-state index in [1.54, 1.807) is 60.7 Å². The third-order valence-electron chi connectivity index (χ3n) is 7.43. The van der Waals surface area contributed by atoms with Gasteiger partial charge in [-0.05, 0) is 84.6 Å². The van der Waals surface area contributed by atoms with Crippen molar-refractivity contribution >= 4 is 84.9 Å². The predicted octanol–water partition coefficient (Wildman–Crippen LogP) is 7.83.